The summed E-state index contributed by atoms with van der Waals surface area (Å²) < 4.78 is 0.883. The second-order valence-electron chi connectivity index (χ2n) is 3.74. The summed E-state index contributed by atoms with van der Waals surface area (Å²) in [4.78, 5) is 0.171. The molecule has 2 unspecified atom stereocenters. The zero-order valence-corrected chi connectivity index (χ0v) is 9.02. The van der Waals surface area contributed by atoms with Crippen LogP contribution in [0.4, 0.5) is 0 Å². The highest BCUT2D eigenvalue weighted by molar-refractivity contribution is 14.1. The summed E-state index contributed by atoms with van der Waals surface area (Å²) in [6.07, 6.45) is 4.14. The zero-order chi connectivity index (χ0) is 7.35. The van der Waals surface area contributed by atoms with Crippen LogP contribution in [-0.4, -0.2) is 8.80 Å². The maximum atomic E-state index is 6.36. The van der Waals surface area contributed by atoms with Crippen molar-refractivity contribution in [3.8, 4) is 0 Å². The van der Waals surface area contributed by atoms with Crippen molar-refractivity contribution in [2.45, 2.75) is 35.0 Å². The summed E-state index contributed by atoms with van der Waals surface area (Å²) in [5, 5.41) is 0. The maximum Gasteiger partial charge on any atom is 0.0495 e. The van der Waals surface area contributed by atoms with E-state index in [1.54, 1.807) is 0 Å². The van der Waals surface area contributed by atoms with E-state index in [0.717, 1.165) is 15.8 Å². The van der Waals surface area contributed by atoms with Gasteiger partial charge in [-0.15, -0.1) is 11.6 Å². The van der Waals surface area contributed by atoms with Gasteiger partial charge in [-0.1, -0.05) is 29.0 Å². The molecule has 0 aromatic carbocycles. The Morgan fingerprint density at radius 2 is 1.90 bits per heavy atom. The number of rotatable bonds is 0. The molecule has 0 nitrogen and oxygen atoms in total. The molecule has 2 heteroatoms. The Morgan fingerprint density at radius 1 is 1.40 bits per heavy atom. The minimum Gasteiger partial charge on any atom is -0.119 e. The van der Waals surface area contributed by atoms with E-state index in [4.69, 9.17) is 11.6 Å². The van der Waals surface area contributed by atoms with E-state index in [0.29, 0.717) is 0 Å². The van der Waals surface area contributed by atoms with Gasteiger partial charge in [-0.25, -0.2) is 0 Å². The third kappa shape index (κ3) is 0.795. The molecule has 0 radical (unpaired) electrons. The number of hydrogen-bond acceptors (Lipinski definition) is 0. The molecule has 0 saturated heterocycles. The highest BCUT2D eigenvalue weighted by Crippen LogP contribution is 2.60. The zero-order valence-electron chi connectivity index (χ0n) is 6.11. The van der Waals surface area contributed by atoms with E-state index >= 15 is 0 Å². The van der Waals surface area contributed by atoms with Gasteiger partial charge in [0.15, 0.2) is 0 Å². The van der Waals surface area contributed by atoms with Gasteiger partial charge >= 0.3 is 0 Å². The van der Waals surface area contributed by atoms with Crippen LogP contribution in [0.5, 0.6) is 0 Å². The minimum absolute atomic E-state index is 0.171. The van der Waals surface area contributed by atoms with Crippen LogP contribution in [0.15, 0.2) is 0 Å². The van der Waals surface area contributed by atoms with E-state index in [-0.39, 0.29) is 4.87 Å². The molecule has 0 spiro atoms. The lowest BCUT2D eigenvalue weighted by atomic mass is 9.57. The Morgan fingerprint density at radius 3 is 2.10 bits per heavy atom. The summed E-state index contributed by atoms with van der Waals surface area (Å²) in [5.74, 6) is 1.63. The minimum atomic E-state index is 0.171. The van der Waals surface area contributed by atoms with Gasteiger partial charge in [-0.2, -0.15) is 0 Å². The molecule has 0 heterocycles. The summed E-state index contributed by atoms with van der Waals surface area (Å²) in [5.41, 5.74) is 0. The Hall–Kier alpha value is 1.02. The first-order valence-corrected chi connectivity index (χ1v) is 5.59. The average molecular weight is 271 g/mol. The second-order valence-corrected chi connectivity index (χ2v) is 5.99. The van der Waals surface area contributed by atoms with Gasteiger partial charge in [0.2, 0.25) is 0 Å². The Balaban J connectivity index is 2.18. The molecule has 0 aromatic rings. The predicted octanol–water partition coefficient (Wildman–Crippen LogP) is 3.22. The molecule has 0 aliphatic heterocycles. The van der Waals surface area contributed by atoms with Crippen molar-refractivity contribution < 1.29 is 0 Å². The van der Waals surface area contributed by atoms with E-state index < -0.39 is 0 Å². The lowest BCUT2D eigenvalue weighted by Crippen LogP contribution is -2.60. The molecule has 2 bridgehead atoms. The Labute approximate surface area is 80.8 Å². The third-order valence-electron chi connectivity index (χ3n) is 3.25. The van der Waals surface area contributed by atoms with Crippen molar-refractivity contribution in [2.75, 3.05) is 0 Å². The molecule has 3 saturated carbocycles. The monoisotopic (exact) mass is 270 g/mol. The van der Waals surface area contributed by atoms with Crippen LogP contribution in [-0.2, 0) is 0 Å². The molecule has 3 aliphatic carbocycles. The van der Waals surface area contributed by atoms with Gasteiger partial charge in [0.05, 0.1) is 0 Å². The van der Waals surface area contributed by atoms with Gasteiger partial charge < -0.3 is 0 Å². The number of alkyl halides is 2. The average Bonchev–Trinajstić information content (AvgIpc) is 1.88. The molecule has 3 rings (SSSR count). The molecule has 0 amide bonds. The number of hydrogen-bond donors (Lipinski definition) is 0. The molecule has 4 atom stereocenters. The van der Waals surface area contributed by atoms with Gasteiger partial charge in [-0.3, -0.25) is 0 Å². The van der Waals surface area contributed by atoms with E-state index in [1.807, 2.05) is 0 Å². The maximum absolute atomic E-state index is 6.36. The fourth-order valence-electron chi connectivity index (χ4n) is 2.50. The Bertz CT molecular complexity index is 141. The van der Waals surface area contributed by atoms with E-state index in [9.17, 15) is 0 Å². The SMILES string of the molecule is CC1(Cl)[C@@H]2CCC[C@H]1C2I. The fourth-order valence-corrected chi connectivity index (χ4v) is 5.63. The van der Waals surface area contributed by atoms with Crippen molar-refractivity contribution in [1.82, 2.24) is 0 Å². The quantitative estimate of drug-likeness (QED) is 0.468. The summed E-state index contributed by atoms with van der Waals surface area (Å²) >= 11 is 8.94. The first-order chi connectivity index (χ1) is 4.64. The van der Waals surface area contributed by atoms with Gasteiger partial charge in [0, 0.05) is 8.80 Å². The standard InChI is InChI=1S/C8H12ClI/c1-8(9)5-3-2-4-6(8)7(5)10/h5-7H,2-4H2,1H3/t5-,6+,7?,8?. The molecular formula is C8H12ClI. The molecule has 0 N–H and O–H groups in total. The van der Waals surface area contributed by atoms with Crippen LogP contribution in [0.2, 0.25) is 0 Å². The fraction of sp³-hybridized carbons (Fsp3) is 1.00. The molecule has 58 valence electrons. The van der Waals surface area contributed by atoms with Gasteiger partial charge in [0.1, 0.15) is 0 Å². The van der Waals surface area contributed by atoms with Crippen LogP contribution < -0.4 is 0 Å². The van der Waals surface area contributed by atoms with Crippen LogP contribution in [0.1, 0.15) is 26.2 Å². The molecular weight excluding hydrogens is 258 g/mol. The van der Waals surface area contributed by atoms with E-state index in [1.165, 1.54) is 19.3 Å². The van der Waals surface area contributed by atoms with Crippen molar-refractivity contribution in [1.29, 1.82) is 0 Å². The highest BCUT2D eigenvalue weighted by Gasteiger charge is 2.58. The van der Waals surface area contributed by atoms with Crippen LogP contribution in [0.25, 0.3) is 0 Å². The second kappa shape index (κ2) is 2.25. The van der Waals surface area contributed by atoms with Crippen LogP contribution in [0.3, 0.4) is 0 Å². The number of halogens is 2. The topological polar surface area (TPSA) is 0 Å². The number of fused-ring (bicyclic) bond motifs is 2. The Kier molecular flexibility index (Phi) is 1.73. The normalized spacial score (nSPS) is 59.7. The smallest absolute Gasteiger partial charge is 0.0495 e. The van der Waals surface area contributed by atoms with Gasteiger partial charge in [-0.05, 0) is 31.6 Å². The third-order valence-corrected chi connectivity index (χ3v) is 5.55. The van der Waals surface area contributed by atoms with Crippen LogP contribution >= 0.6 is 34.2 Å². The largest absolute Gasteiger partial charge is 0.119 e. The first-order valence-electron chi connectivity index (χ1n) is 3.97. The van der Waals surface area contributed by atoms with E-state index in [2.05, 4.69) is 29.5 Å². The highest BCUT2D eigenvalue weighted by atomic mass is 127. The van der Waals surface area contributed by atoms with Gasteiger partial charge in [0.25, 0.3) is 0 Å². The molecule has 10 heavy (non-hydrogen) atoms. The van der Waals surface area contributed by atoms with Crippen LogP contribution in [0, 0.1) is 11.8 Å². The van der Waals surface area contributed by atoms with Crippen molar-refractivity contribution in [3.05, 3.63) is 0 Å². The summed E-state index contributed by atoms with van der Waals surface area (Å²) in [7, 11) is 0. The van der Waals surface area contributed by atoms with Crippen molar-refractivity contribution in [3.63, 3.8) is 0 Å². The lowest BCUT2D eigenvalue weighted by Gasteiger charge is -2.58. The summed E-state index contributed by atoms with van der Waals surface area (Å²) in [6, 6.07) is 0. The predicted molar refractivity (Wildman–Crippen MR) is 52.9 cm³/mol. The lowest BCUT2D eigenvalue weighted by molar-refractivity contribution is 0.0744. The van der Waals surface area contributed by atoms with Crippen molar-refractivity contribution in [2.24, 2.45) is 11.8 Å². The molecule has 0 aromatic heterocycles. The summed E-state index contributed by atoms with van der Waals surface area (Å²) in [6.45, 7) is 2.22. The first kappa shape index (κ1) is 7.66. The molecule has 3 fully saturated rings. The van der Waals surface area contributed by atoms with Crippen molar-refractivity contribution >= 4 is 34.2 Å². The molecule has 3 aliphatic rings.